The number of amides is 1. The smallest absolute Gasteiger partial charge is 0.266 e. The van der Waals surface area contributed by atoms with Gasteiger partial charge in [-0.25, -0.2) is 4.98 Å². The average molecular weight is 385 g/mol. The summed E-state index contributed by atoms with van der Waals surface area (Å²) in [4.78, 5) is 31.9. The molecule has 1 aliphatic rings. The average Bonchev–Trinajstić information content (AvgIpc) is 2.95. The van der Waals surface area contributed by atoms with Crippen LogP contribution in [0.25, 0.3) is 10.2 Å². The van der Waals surface area contributed by atoms with Gasteiger partial charge in [-0.15, -0.1) is 11.3 Å². The molecule has 1 amide bonds. The van der Waals surface area contributed by atoms with Crippen molar-refractivity contribution >= 4 is 33.1 Å². The minimum absolute atomic E-state index is 0.0153. The SMILES string of the molecule is Cc1nn(C)c(C)c1NC(=O)c1sc2nc3n(c(=O)c2c1C)CCCCC3. The number of nitrogens with one attached hydrogen (secondary N) is 1. The van der Waals surface area contributed by atoms with Gasteiger partial charge in [0.2, 0.25) is 0 Å². The van der Waals surface area contributed by atoms with Crippen molar-refractivity contribution in [1.82, 2.24) is 19.3 Å². The van der Waals surface area contributed by atoms with Gasteiger partial charge in [0.15, 0.2) is 0 Å². The standard InChI is InChI=1S/C19H23N5O2S/c1-10-14-18(20-13-8-6-5-7-9-24(13)19(14)26)27-16(10)17(25)21-15-11(2)22-23(4)12(15)3/h5-9H2,1-4H3,(H,21,25). The summed E-state index contributed by atoms with van der Waals surface area (Å²) < 4.78 is 3.54. The van der Waals surface area contributed by atoms with Gasteiger partial charge in [0.25, 0.3) is 11.5 Å². The molecule has 0 spiro atoms. The Labute approximate surface area is 161 Å². The second kappa shape index (κ2) is 6.60. The van der Waals surface area contributed by atoms with E-state index in [-0.39, 0.29) is 11.5 Å². The van der Waals surface area contributed by atoms with Gasteiger partial charge >= 0.3 is 0 Å². The summed E-state index contributed by atoms with van der Waals surface area (Å²) in [6, 6.07) is 0. The van der Waals surface area contributed by atoms with Crippen molar-refractivity contribution in [3.63, 3.8) is 0 Å². The second-order valence-electron chi connectivity index (χ2n) is 7.16. The fourth-order valence-electron chi connectivity index (χ4n) is 3.75. The Morgan fingerprint density at radius 2 is 1.96 bits per heavy atom. The van der Waals surface area contributed by atoms with Gasteiger partial charge in [0.05, 0.1) is 27.3 Å². The normalized spacial score (nSPS) is 14.2. The van der Waals surface area contributed by atoms with Crippen LogP contribution < -0.4 is 10.9 Å². The molecule has 1 aliphatic heterocycles. The maximum atomic E-state index is 13.0. The van der Waals surface area contributed by atoms with Crippen molar-refractivity contribution in [2.45, 2.75) is 53.0 Å². The summed E-state index contributed by atoms with van der Waals surface area (Å²) >= 11 is 1.30. The molecule has 8 heteroatoms. The molecule has 0 fully saturated rings. The van der Waals surface area contributed by atoms with Crippen LogP contribution in [0.5, 0.6) is 0 Å². The van der Waals surface area contributed by atoms with E-state index in [1.54, 1.807) is 9.25 Å². The van der Waals surface area contributed by atoms with Crippen LogP contribution in [0.3, 0.4) is 0 Å². The zero-order valence-corrected chi connectivity index (χ0v) is 16.9. The highest BCUT2D eigenvalue weighted by Gasteiger charge is 2.23. The number of rotatable bonds is 2. The first-order chi connectivity index (χ1) is 12.9. The first-order valence-corrected chi connectivity index (χ1v) is 10.0. The third-order valence-corrected chi connectivity index (χ3v) is 6.55. The summed E-state index contributed by atoms with van der Waals surface area (Å²) in [6.45, 7) is 6.33. The number of carbonyl (C=O) groups excluding carboxylic acids is 1. The lowest BCUT2D eigenvalue weighted by atomic mass is 10.2. The van der Waals surface area contributed by atoms with Gasteiger partial charge in [0, 0.05) is 20.0 Å². The van der Waals surface area contributed by atoms with Gasteiger partial charge in [-0.1, -0.05) is 6.42 Å². The number of aromatic nitrogens is 4. The monoisotopic (exact) mass is 385 g/mol. The molecule has 0 aliphatic carbocycles. The van der Waals surface area contributed by atoms with Crippen LogP contribution in [0.2, 0.25) is 0 Å². The van der Waals surface area contributed by atoms with Crippen molar-refractivity contribution < 1.29 is 4.79 Å². The number of aryl methyl sites for hydroxylation is 4. The lowest BCUT2D eigenvalue weighted by Crippen LogP contribution is -2.24. The van der Waals surface area contributed by atoms with E-state index in [2.05, 4.69) is 10.4 Å². The molecule has 27 heavy (non-hydrogen) atoms. The van der Waals surface area contributed by atoms with Crippen molar-refractivity contribution in [3.8, 4) is 0 Å². The predicted molar refractivity (Wildman–Crippen MR) is 107 cm³/mol. The molecule has 0 aromatic carbocycles. The van der Waals surface area contributed by atoms with Crippen molar-refractivity contribution in [3.05, 3.63) is 38.0 Å². The molecule has 4 rings (SSSR count). The van der Waals surface area contributed by atoms with Crippen LogP contribution in [0.1, 0.15) is 51.7 Å². The molecule has 0 atom stereocenters. The number of nitrogens with zero attached hydrogens (tertiary/aromatic N) is 4. The number of hydrogen-bond donors (Lipinski definition) is 1. The Morgan fingerprint density at radius 3 is 2.67 bits per heavy atom. The molecule has 4 heterocycles. The fourth-order valence-corrected chi connectivity index (χ4v) is 4.84. The van der Waals surface area contributed by atoms with Crippen LogP contribution in [-0.4, -0.2) is 25.2 Å². The molecule has 1 N–H and O–H groups in total. The van der Waals surface area contributed by atoms with Crippen molar-refractivity contribution in [2.24, 2.45) is 7.05 Å². The quantitative estimate of drug-likeness (QED) is 0.735. The van der Waals surface area contributed by atoms with Gasteiger partial charge in [0.1, 0.15) is 10.7 Å². The number of hydrogen-bond acceptors (Lipinski definition) is 5. The number of carbonyl (C=O) groups is 1. The minimum Gasteiger partial charge on any atom is -0.318 e. The highest BCUT2D eigenvalue weighted by molar-refractivity contribution is 7.20. The Balaban J connectivity index is 1.79. The van der Waals surface area contributed by atoms with Crippen molar-refractivity contribution in [1.29, 1.82) is 0 Å². The van der Waals surface area contributed by atoms with Crippen LogP contribution >= 0.6 is 11.3 Å². The zero-order valence-electron chi connectivity index (χ0n) is 16.0. The van der Waals surface area contributed by atoms with E-state index in [9.17, 15) is 9.59 Å². The number of fused-ring (bicyclic) bond motifs is 2. The molecule has 0 unspecified atom stereocenters. The molecular weight excluding hydrogens is 362 g/mol. The van der Waals surface area contributed by atoms with E-state index in [1.807, 2.05) is 27.8 Å². The minimum atomic E-state index is -0.214. The van der Waals surface area contributed by atoms with Crippen LogP contribution in [0.4, 0.5) is 5.69 Å². The predicted octanol–water partition coefficient (Wildman–Crippen LogP) is 3.10. The third kappa shape index (κ3) is 2.88. The molecule has 0 saturated carbocycles. The van der Waals surface area contributed by atoms with Gasteiger partial charge in [-0.3, -0.25) is 18.8 Å². The molecule has 0 saturated heterocycles. The van der Waals surface area contributed by atoms with Gasteiger partial charge in [-0.05, 0) is 39.2 Å². The molecule has 7 nitrogen and oxygen atoms in total. The Kier molecular flexibility index (Phi) is 4.38. The first kappa shape index (κ1) is 17.9. The summed E-state index contributed by atoms with van der Waals surface area (Å²) in [6.07, 6.45) is 3.98. The summed E-state index contributed by atoms with van der Waals surface area (Å²) in [5.74, 6) is 0.631. The lowest BCUT2D eigenvalue weighted by molar-refractivity contribution is 0.103. The maximum absolute atomic E-state index is 13.0. The molecular formula is C19H23N5O2S. The van der Waals surface area contributed by atoms with E-state index in [1.165, 1.54) is 11.3 Å². The number of thiophene rings is 1. The first-order valence-electron chi connectivity index (χ1n) is 9.23. The highest BCUT2D eigenvalue weighted by Crippen LogP contribution is 2.30. The molecule has 3 aromatic heterocycles. The number of anilines is 1. The van der Waals surface area contributed by atoms with E-state index >= 15 is 0 Å². The van der Waals surface area contributed by atoms with Crippen LogP contribution in [-0.2, 0) is 20.0 Å². The van der Waals surface area contributed by atoms with Crippen molar-refractivity contribution in [2.75, 3.05) is 5.32 Å². The molecule has 3 aromatic rings. The Morgan fingerprint density at radius 1 is 1.19 bits per heavy atom. The maximum Gasteiger partial charge on any atom is 0.266 e. The van der Waals surface area contributed by atoms with Gasteiger partial charge in [-0.2, -0.15) is 5.10 Å². The van der Waals surface area contributed by atoms with E-state index < -0.39 is 0 Å². The fraction of sp³-hybridized carbons (Fsp3) is 0.474. The second-order valence-corrected chi connectivity index (χ2v) is 8.15. The van der Waals surface area contributed by atoms with Crippen LogP contribution in [0, 0.1) is 20.8 Å². The summed E-state index contributed by atoms with van der Waals surface area (Å²) in [5.41, 5.74) is 3.08. The molecule has 0 radical (unpaired) electrons. The Hall–Kier alpha value is -2.48. The summed E-state index contributed by atoms with van der Waals surface area (Å²) in [7, 11) is 1.85. The van der Waals surface area contributed by atoms with Gasteiger partial charge < -0.3 is 5.32 Å². The Bertz CT molecular complexity index is 1120. The van der Waals surface area contributed by atoms with E-state index in [0.717, 1.165) is 48.6 Å². The molecule has 142 valence electrons. The highest BCUT2D eigenvalue weighted by atomic mass is 32.1. The lowest BCUT2D eigenvalue weighted by Gasteiger charge is -2.08. The topological polar surface area (TPSA) is 81.8 Å². The molecule has 0 bridgehead atoms. The summed E-state index contributed by atoms with van der Waals surface area (Å²) in [5, 5.41) is 7.88. The zero-order chi connectivity index (χ0) is 19.3. The third-order valence-electron chi connectivity index (χ3n) is 5.37. The van der Waals surface area contributed by atoms with E-state index in [0.29, 0.717) is 27.2 Å². The van der Waals surface area contributed by atoms with E-state index in [4.69, 9.17) is 4.98 Å². The largest absolute Gasteiger partial charge is 0.318 e. The van der Waals surface area contributed by atoms with Crippen LogP contribution in [0.15, 0.2) is 4.79 Å².